The van der Waals surface area contributed by atoms with E-state index in [0.717, 1.165) is 21.7 Å². The lowest BCUT2D eigenvalue weighted by atomic mass is 10.1. The van der Waals surface area contributed by atoms with Crippen LogP contribution in [0.3, 0.4) is 0 Å². The monoisotopic (exact) mass is 513 g/mol. The van der Waals surface area contributed by atoms with Crippen LogP contribution in [-0.4, -0.2) is 50.0 Å². The van der Waals surface area contributed by atoms with Crippen LogP contribution in [0, 0.1) is 6.92 Å². The molecule has 33 heavy (non-hydrogen) atoms. The zero-order chi connectivity index (χ0) is 24.9. The normalized spacial score (nSPS) is 12.4. The molecular weight excluding hydrogens is 485 g/mol. The summed E-state index contributed by atoms with van der Waals surface area (Å²) in [5.74, 6) is -0.856. The van der Waals surface area contributed by atoms with E-state index in [9.17, 15) is 18.0 Å². The number of nitrogens with one attached hydrogen (secondary N) is 1. The third kappa shape index (κ3) is 7.62. The summed E-state index contributed by atoms with van der Waals surface area (Å²) < 4.78 is 26.0. The van der Waals surface area contributed by atoms with Crippen LogP contribution in [0.4, 0.5) is 5.69 Å². The summed E-state index contributed by atoms with van der Waals surface area (Å²) in [6, 6.07) is 11.0. The Bertz CT molecular complexity index is 1120. The van der Waals surface area contributed by atoms with Gasteiger partial charge in [0.15, 0.2) is 0 Å². The molecule has 0 aliphatic carbocycles. The number of benzene rings is 2. The molecule has 1 N–H and O–H groups in total. The molecule has 10 heteroatoms. The lowest BCUT2D eigenvalue weighted by Crippen LogP contribution is -2.52. The minimum Gasteiger partial charge on any atom is -0.352 e. The van der Waals surface area contributed by atoms with Gasteiger partial charge in [-0.2, -0.15) is 0 Å². The number of carbonyl (C=O) groups is 2. The van der Waals surface area contributed by atoms with Gasteiger partial charge in [-0.25, -0.2) is 8.42 Å². The predicted molar refractivity (Wildman–Crippen MR) is 133 cm³/mol. The molecule has 0 aromatic heterocycles. The molecule has 2 rings (SSSR count). The standard InChI is InChI=1S/C23H29Cl2N3O4S/c1-15(2)26-23(30)17(4)27(13-18-8-6-7-16(3)11-18)22(29)14-28(33(5,31)32)19-9-10-20(24)21(25)12-19/h6-12,15,17H,13-14H2,1-5H3,(H,26,30)/t17-/m0/s1. The van der Waals surface area contributed by atoms with Crippen LogP contribution in [0.5, 0.6) is 0 Å². The molecule has 0 aliphatic rings. The Kier molecular flexibility index (Phi) is 9.17. The largest absolute Gasteiger partial charge is 0.352 e. The number of halogens is 2. The highest BCUT2D eigenvalue weighted by molar-refractivity contribution is 7.92. The van der Waals surface area contributed by atoms with Gasteiger partial charge in [-0.1, -0.05) is 53.0 Å². The van der Waals surface area contributed by atoms with Gasteiger partial charge in [0, 0.05) is 12.6 Å². The first-order chi connectivity index (χ1) is 15.3. The Labute approximate surface area is 205 Å². The van der Waals surface area contributed by atoms with Crippen molar-refractivity contribution >= 4 is 50.7 Å². The van der Waals surface area contributed by atoms with E-state index in [1.165, 1.54) is 23.1 Å². The summed E-state index contributed by atoms with van der Waals surface area (Å²) in [5.41, 5.74) is 2.04. The molecule has 0 unspecified atom stereocenters. The van der Waals surface area contributed by atoms with E-state index in [0.29, 0.717) is 0 Å². The predicted octanol–water partition coefficient (Wildman–Crippen LogP) is 4.01. The van der Waals surface area contributed by atoms with Crippen molar-refractivity contribution in [2.75, 3.05) is 17.1 Å². The van der Waals surface area contributed by atoms with Crippen molar-refractivity contribution in [3.05, 3.63) is 63.6 Å². The van der Waals surface area contributed by atoms with Gasteiger partial charge in [-0.3, -0.25) is 13.9 Å². The number of aryl methyl sites for hydroxylation is 1. The third-order valence-electron chi connectivity index (χ3n) is 4.90. The van der Waals surface area contributed by atoms with E-state index in [1.807, 2.05) is 45.0 Å². The molecule has 1 atom stereocenters. The van der Waals surface area contributed by atoms with E-state index >= 15 is 0 Å². The van der Waals surface area contributed by atoms with Crippen molar-refractivity contribution in [2.45, 2.75) is 46.3 Å². The van der Waals surface area contributed by atoms with Crippen LogP contribution in [0.2, 0.25) is 10.0 Å². The van der Waals surface area contributed by atoms with Gasteiger partial charge in [0.05, 0.1) is 22.0 Å². The molecule has 2 aromatic rings. The Morgan fingerprint density at radius 3 is 2.24 bits per heavy atom. The molecule has 180 valence electrons. The smallest absolute Gasteiger partial charge is 0.244 e. The molecule has 7 nitrogen and oxygen atoms in total. The fourth-order valence-electron chi connectivity index (χ4n) is 3.25. The minimum atomic E-state index is -3.84. The van der Waals surface area contributed by atoms with Crippen LogP contribution in [-0.2, 0) is 26.2 Å². The Hall–Kier alpha value is -2.29. The zero-order valence-corrected chi connectivity index (χ0v) is 21.6. The van der Waals surface area contributed by atoms with Crippen molar-refractivity contribution in [2.24, 2.45) is 0 Å². The van der Waals surface area contributed by atoms with Crippen LogP contribution < -0.4 is 9.62 Å². The molecule has 0 saturated heterocycles. The average molecular weight is 514 g/mol. The molecule has 0 radical (unpaired) electrons. The maximum Gasteiger partial charge on any atom is 0.244 e. The number of anilines is 1. The van der Waals surface area contributed by atoms with E-state index in [2.05, 4.69) is 5.32 Å². The Morgan fingerprint density at radius 1 is 1.03 bits per heavy atom. The summed E-state index contributed by atoms with van der Waals surface area (Å²) in [5, 5.41) is 3.23. The second-order valence-electron chi connectivity index (χ2n) is 8.22. The maximum atomic E-state index is 13.4. The number of carbonyl (C=O) groups excluding carboxylic acids is 2. The summed E-state index contributed by atoms with van der Waals surface area (Å²) in [4.78, 5) is 27.5. The first kappa shape index (κ1) is 27.0. The second-order valence-corrected chi connectivity index (χ2v) is 10.9. The lowest BCUT2D eigenvalue weighted by Gasteiger charge is -2.32. The highest BCUT2D eigenvalue weighted by Crippen LogP contribution is 2.28. The van der Waals surface area contributed by atoms with Crippen molar-refractivity contribution in [3.8, 4) is 0 Å². The summed E-state index contributed by atoms with van der Waals surface area (Å²) in [6.07, 6.45) is 1.00. The molecule has 2 amide bonds. The van der Waals surface area contributed by atoms with Crippen LogP contribution in [0.25, 0.3) is 0 Å². The molecule has 0 bridgehead atoms. The fourth-order valence-corrected chi connectivity index (χ4v) is 4.38. The second kappa shape index (κ2) is 11.2. The number of amides is 2. The number of hydrogen-bond donors (Lipinski definition) is 1. The van der Waals surface area contributed by atoms with Crippen LogP contribution in [0.1, 0.15) is 31.9 Å². The number of rotatable bonds is 9. The minimum absolute atomic E-state index is 0.111. The number of nitrogens with zero attached hydrogens (tertiary/aromatic N) is 2. The van der Waals surface area contributed by atoms with Crippen LogP contribution in [0.15, 0.2) is 42.5 Å². The molecule has 0 spiro atoms. The van der Waals surface area contributed by atoms with Crippen molar-refractivity contribution in [3.63, 3.8) is 0 Å². The molecule has 0 fully saturated rings. The van der Waals surface area contributed by atoms with Gasteiger partial charge in [0.2, 0.25) is 21.8 Å². The van der Waals surface area contributed by atoms with Crippen LogP contribution >= 0.6 is 23.2 Å². The SMILES string of the molecule is Cc1cccc(CN(C(=O)CN(c2ccc(Cl)c(Cl)c2)S(C)(=O)=O)[C@@H](C)C(=O)NC(C)C)c1. The summed E-state index contributed by atoms with van der Waals surface area (Å²) in [7, 11) is -3.84. The molecule has 0 saturated carbocycles. The summed E-state index contributed by atoms with van der Waals surface area (Å²) >= 11 is 12.0. The topological polar surface area (TPSA) is 86.8 Å². The van der Waals surface area contributed by atoms with Crippen molar-refractivity contribution in [1.29, 1.82) is 0 Å². The Balaban J connectivity index is 2.41. The highest BCUT2D eigenvalue weighted by atomic mass is 35.5. The van der Waals surface area contributed by atoms with E-state index in [1.54, 1.807) is 6.92 Å². The molecule has 0 heterocycles. The highest BCUT2D eigenvalue weighted by Gasteiger charge is 2.30. The Morgan fingerprint density at radius 2 is 1.70 bits per heavy atom. The fraction of sp³-hybridized carbons (Fsp3) is 0.391. The molecule has 0 aliphatic heterocycles. The van der Waals surface area contributed by atoms with Gasteiger partial charge < -0.3 is 10.2 Å². The maximum absolute atomic E-state index is 13.4. The zero-order valence-electron chi connectivity index (χ0n) is 19.3. The molecular formula is C23H29Cl2N3O4S. The number of hydrogen-bond acceptors (Lipinski definition) is 4. The van der Waals surface area contributed by atoms with Gasteiger partial charge in [0.25, 0.3) is 0 Å². The summed E-state index contributed by atoms with van der Waals surface area (Å²) in [6.45, 7) is 6.85. The van der Waals surface area contributed by atoms with E-state index < -0.39 is 28.5 Å². The number of sulfonamides is 1. The first-order valence-corrected chi connectivity index (χ1v) is 13.0. The van der Waals surface area contributed by atoms with Crippen molar-refractivity contribution < 1.29 is 18.0 Å². The average Bonchev–Trinajstić information content (AvgIpc) is 2.70. The van der Waals surface area contributed by atoms with E-state index in [-0.39, 0.29) is 34.2 Å². The quantitative estimate of drug-likeness (QED) is 0.548. The van der Waals surface area contributed by atoms with Crippen molar-refractivity contribution in [1.82, 2.24) is 10.2 Å². The third-order valence-corrected chi connectivity index (χ3v) is 6.78. The first-order valence-electron chi connectivity index (χ1n) is 10.4. The van der Waals surface area contributed by atoms with Gasteiger partial charge in [-0.05, 0) is 51.5 Å². The van der Waals surface area contributed by atoms with Gasteiger partial charge >= 0.3 is 0 Å². The van der Waals surface area contributed by atoms with Gasteiger partial charge in [-0.15, -0.1) is 0 Å². The van der Waals surface area contributed by atoms with Gasteiger partial charge in [0.1, 0.15) is 12.6 Å². The lowest BCUT2D eigenvalue weighted by molar-refractivity contribution is -0.139. The van der Waals surface area contributed by atoms with E-state index in [4.69, 9.17) is 23.2 Å². The molecule has 2 aromatic carbocycles.